The van der Waals surface area contributed by atoms with Gasteiger partial charge < -0.3 is 10.6 Å². The number of fused-ring (bicyclic) bond motifs is 1. The van der Waals surface area contributed by atoms with Gasteiger partial charge in [-0.2, -0.15) is 0 Å². The van der Waals surface area contributed by atoms with E-state index in [1.54, 1.807) is 0 Å². The van der Waals surface area contributed by atoms with E-state index in [0.717, 1.165) is 26.2 Å². The van der Waals surface area contributed by atoms with Gasteiger partial charge in [-0.15, -0.1) is 0 Å². The summed E-state index contributed by atoms with van der Waals surface area (Å²) in [6, 6.07) is 7.25. The third-order valence-corrected chi connectivity index (χ3v) is 3.89. The Morgan fingerprint density at radius 2 is 2.06 bits per heavy atom. The largest absolute Gasteiger partial charge is 0.370 e. The number of rotatable bonds is 1. The van der Waals surface area contributed by atoms with Gasteiger partial charge in [-0.3, -0.25) is 4.90 Å². The van der Waals surface area contributed by atoms with Crippen LogP contribution in [0.5, 0.6) is 0 Å². The fourth-order valence-corrected chi connectivity index (χ4v) is 2.99. The van der Waals surface area contributed by atoms with Crippen LogP contribution in [0.1, 0.15) is 24.0 Å². The molecule has 0 aliphatic carbocycles. The summed E-state index contributed by atoms with van der Waals surface area (Å²) in [4.78, 5) is 4.79. The summed E-state index contributed by atoms with van der Waals surface area (Å²) in [6.45, 7) is 4.34. The topological polar surface area (TPSA) is 32.5 Å². The molecule has 0 bridgehead atoms. The van der Waals surface area contributed by atoms with Gasteiger partial charge in [-0.25, -0.2) is 0 Å². The van der Waals surface area contributed by atoms with Crippen LogP contribution in [0.15, 0.2) is 18.2 Å². The predicted molar refractivity (Wildman–Crippen MR) is 71.0 cm³/mol. The van der Waals surface area contributed by atoms with Crippen molar-refractivity contribution in [3.05, 3.63) is 29.3 Å². The van der Waals surface area contributed by atoms with E-state index in [9.17, 15) is 0 Å². The highest BCUT2D eigenvalue weighted by atomic mass is 15.2. The monoisotopic (exact) mass is 231 g/mol. The Bertz CT molecular complexity index is 416. The molecule has 0 saturated carbocycles. The Morgan fingerprint density at radius 3 is 2.88 bits per heavy atom. The normalized spacial score (nSPS) is 25.1. The fourth-order valence-electron chi connectivity index (χ4n) is 2.99. The molecule has 17 heavy (non-hydrogen) atoms. The summed E-state index contributed by atoms with van der Waals surface area (Å²) >= 11 is 0. The van der Waals surface area contributed by atoms with Gasteiger partial charge in [-0.05, 0) is 43.1 Å². The van der Waals surface area contributed by atoms with Gasteiger partial charge in [0.25, 0.3) is 0 Å². The van der Waals surface area contributed by atoms with Gasteiger partial charge in [0, 0.05) is 37.9 Å². The summed E-state index contributed by atoms with van der Waals surface area (Å²) in [6.07, 6.45) is 2.39. The zero-order valence-corrected chi connectivity index (χ0v) is 10.5. The van der Waals surface area contributed by atoms with Crippen molar-refractivity contribution >= 4 is 5.69 Å². The molecule has 0 aromatic heterocycles. The zero-order valence-electron chi connectivity index (χ0n) is 10.5. The number of benzene rings is 1. The molecule has 2 aliphatic heterocycles. The summed E-state index contributed by atoms with van der Waals surface area (Å²) in [5.74, 6) is 0. The molecule has 1 aromatic carbocycles. The molecule has 1 atom stereocenters. The van der Waals surface area contributed by atoms with Gasteiger partial charge in [0.2, 0.25) is 0 Å². The van der Waals surface area contributed by atoms with E-state index in [0.29, 0.717) is 6.04 Å². The van der Waals surface area contributed by atoms with Crippen LogP contribution < -0.4 is 10.6 Å². The minimum Gasteiger partial charge on any atom is -0.370 e. The van der Waals surface area contributed by atoms with E-state index >= 15 is 0 Å². The van der Waals surface area contributed by atoms with Crippen LogP contribution in [0, 0.1) is 0 Å². The summed E-state index contributed by atoms with van der Waals surface area (Å²) in [5, 5.41) is 0. The van der Waals surface area contributed by atoms with Crippen LogP contribution in [0.25, 0.3) is 0 Å². The predicted octanol–water partition coefficient (Wildman–Crippen LogP) is 1.56. The standard InChI is InChI=1S/C14H21N3/c1-16-8-11-4-5-14(7-12(11)9-16)17-6-2-3-13(15)10-17/h4-5,7,13H,2-3,6,8-10,15H2,1H3/t13-/m0/s1. The van der Waals surface area contributed by atoms with Crippen molar-refractivity contribution in [1.82, 2.24) is 4.90 Å². The summed E-state index contributed by atoms with van der Waals surface area (Å²) < 4.78 is 0. The maximum atomic E-state index is 6.05. The van der Waals surface area contributed by atoms with Gasteiger partial charge in [0.1, 0.15) is 0 Å². The lowest BCUT2D eigenvalue weighted by Gasteiger charge is -2.32. The van der Waals surface area contributed by atoms with Crippen LogP contribution in [-0.2, 0) is 13.1 Å². The van der Waals surface area contributed by atoms with E-state index in [1.165, 1.54) is 29.7 Å². The third-order valence-electron chi connectivity index (χ3n) is 3.89. The van der Waals surface area contributed by atoms with Crippen molar-refractivity contribution in [1.29, 1.82) is 0 Å². The van der Waals surface area contributed by atoms with Crippen LogP contribution in [0.4, 0.5) is 5.69 Å². The lowest BCUT2D eigenvalue weighted by molar-refractivity contribution is 0.353. The van der Waals surface area contributed by atoms with Crippen LogP contribution in [-0.4, -0.2) is 31.1 Å². The molecule has 3 heteroatoms. The van der Waals surface area contributed by atoms with Gasteiger partial charge in [0.05, 0.1) is 0 Å². The maximum absolute atomic E-state index is 6.05. The van der Waals surface area contributed by atoms with Crippen molar-refractivity contribution in [3.63, 3.8) is 0 Å². The highest BCUT2D eigenvalue weighted by Gasteiger charge is 2.20. The molecule has 1 saturated heterocycles. The quantitative estimate of drug-likeness (QED) is 0.796. The number of piperidine rings is 1. The number of nitrogens with two attached hydrogens (primary N) is 1. The molecular formula is C14H21N3. The Hall–Kier alpha value is -1.06. The van der Waals surface area contributed by atoms with Crippen LogP contribution >= 0.6 is 0 Å². The van der Waals surface area contributed by atoms with Crippen molar-refractivity contribution < 1.29 is 0 Å². The van der Waals surface area contributed by atoms with E-state index in [2.05, 4.69) is 35.0 Å². The first-order chi connectivity index (χ1) is 8.22. The van der Waals surface area contributed by atoms with Crippen LogP contribution in [0.3, 0.4) is 0 Å². The number of anilines is 1. The molecule has 0 spiro atoms. The van der Waals surface area contributed by atoms with E-state index < -0.39 is 0 Å². The molecule has 92 valence electrons. The molecule has 0 unspecified atom stereocenters. The fraction of sp³-hybridized carbons (Fsp3) is 0.571. The molecule has 2 aliphatic rings. The Kier molecular flexibility index (Phi) is 2.81. The number of hydrogen-bond donors (Lipinski definition) is 1. The molecule has 1 aromatic rings. The maximum Gasteiger partial charge on any atom is 0.0370 e. The minimum atomic E-state index is 0.347. The SMILES string of the molecule is CN1Cc2ccc(N3CCC[C@H](N)C3)cc2C1. The Labute approximate surface area is 103 Å². The third kappa shape index (κ3) is 2.17. The first-order valence-corrected chi connectivity index (χ1v) is 6.53. The highest BCUT2D eigenvalue weighted by molar-refractivity contribution is 5.52. The van der Waals surface area contributed by atoms with Gasteiger partial charge in [-0.1, -0.05) is 6.07 Å². The van der Waals surface area contributed by atoms with Gasteiger partial charge >= 0.3 is 0 Å². The van der Waals surface area contributed by atoms with E-state index in [1.807, 2.05) is 0 Å². The number of nitrogens with zero attached hydrogens (tertiary/aromatic N) is 2. The molecule has 3 nitrogen and oxygen atoms in total. The second-order valence-electron chi connectivity index (χ2n) is 5.47. The lowest BCUT2D eigenvalue weighted by atomic mass is 10.0. The molecule has 1 fully saturated rings. The van der Waals surface area contributed by atoms with Crippen molar-refractivity contribution in [2.45, 2.75) is 32.0 Å². The van der Waals surface area contributed by atoms with Gasteiger partial charge in [0.15, 0.2) is 0 Å². The average molecular weight is 231 g/mol. The lowest BCUT2D eigenvalue weighted by Crippen LogP contribution is -2.42. The summed E-state index contributed by atoms with van der Waals surface area (Å²) in [5.41, 5.74) is 10.4. The van der Waals surface area contributed by atoms with E-state index in [4.69, 9.17) is 5.73 Å². The second kappa shape index (κ2) is 4.31. The van der Waals surface area contributed by atoms with Crippen LogP contribution in [0.2, 0.25) is 0 Å². The molecule has 2 N–H and O–H groups in total. The highest BCUT2D eigenvalue weighted by Crippen LogP contribution is 2.27. The Balaban J connectivity index is 1.82. The van der Waals surface area contributed by atoms with Crippen molar-refractivity contribution in [2.75, 3.05) is 25.0 Å². The molecule has 0 amide bonds. The minimum absolute atomic E-state index is 0.347. The number of hydrogen-bond acceptors (Lipinski definition) is 3. The Morgan fingerprint density at radius 1 is 1.24 bits per heavy atom. The molecular weight excluding hydrogens is 210 g/mol. The average Bonchev–Trinajstić information content (AvgIpc) is 2.68. The first kappa shape index (κ1) is 11.1. The zero-order chi connectivity index (χ0) is 11.8. The first-order valence-electron chi connectivity index (χ1n) is 6.53. The van der Waals surface area contributed by atoms with Crippen molar-refractivity contribution in [2.24, 2.45) is 5.73 Å². The second-order valence-corrected chi connectivity index (χ2v) is 5.47. The molecule has 2 heterocycles. The molecule has 0 radical (unpaired) electrons. The molecule has 3 rings (SSSR count). The van der Waals surface area contributed by atoms with E-state index in [-0.39, 0.29) is 0 Å². The summed E-state index contributed by atoms with van der Waals surface area (Å²) in [7, 11) is 2.18. The van der Waals surface area contributed by atoms with Crippen molar-refractivity contribution in [3.8, 4) is 0 Å². The smallest absolute Gasteiger partial charge is 0.0370 e.